The Hall–Kier alpha value is -1.02. The van der Waals surface area contributed by atoms with Gasteiger partial charge in [0.25, 0.3) is 0 Å². The largest absolute Gasteiger partial charge is 0.490 e. The molecule has 1 aromatic carbocycles. The van der Waals surface area contributed by atoms with Gasteiger partial charge in [0.1, 0.15) is 5.75 Å². The quantitative estimate of drug-likeness (QED) is 0.820. The maximum absolute atomic E-state index is 10.0. The third-order valence-electron chi connectivity index (χ3n) is 2.99. The third-order valence-corrected chi connectivity index (χ3v) is 2.99. The van der Waals surface area contributed by atoms with Crippen LogP contribution in [0.1, 0.15) is 38.7 Å². The van der Waals surface area contributed by atoms with Gasteiger partial charge in [-0.2, -0.15) is 0 Å². The van der Waals surface area contributed by atoms with Crippen LogP contribution in [-0.4, -0.2) is 11.2 Å². The Morgan fingerprint density at radius 1 is 1.33 bits per heavy atom. The highest BCUT2D eigenvalue weighted by Crippen LogP contribution is 2.29. The van der Waals surface area contributed by atoms with Crippen LogP contribution >= 0.6 is 0 Å². The van der Waals surface area contributed by atoms with Gasteiger partial charge < -0.3 is 9.84 Å². The lowest BCUT2D eigenvalue weighted by Crippen LogP contribution is -2.19. The molecule has 1 N–H and O–H groups in total. The summed E-state index contributed by atoms with van der Waals surface area (Å²) in [7, 11) is 0. The SMILES string of the molecule is CCC(C)(O)c1ccc(OC2CC2)cc1. The van der Waals surface area contributed by atoms with E-state index >= 15 is 0 Å². The van der Waals surface area contributed by atoms with Crippen LogP contribution in [0.25, 0.3) is 0 Å². The highest BCUT2D eigenvalue weighted by Gasteiger charge is 2.24. The van der Waals surface area contributed by atoms with Crippen LogP contribution in [0.4, 0.5) is 0 Å². The van der Waals surface area contributed by atoms with Crippen molar-refractivity contribution < 1.29 is 9.84 Å². The summed E-state index contributed by atoms with van der Waals surface area (Å²) in [6.07, 6.45) is 3.50. The van der Waals surface area contributed by atoms with Gasteiger partial charge in [0.05, 0.1) is 11.7 Å². The maximum Gasteiger partial charge on any atom is 0.119 e. The second-order valence-corrected chi connectivity index (χ2v) is 4.47. The molecule has 1 atom stereocenters. The molecule has 0 bridgehead atoms. The van der Waals surface area contributed by atoms with Crippen molar-refractivity contribution in [1.29, 1.82) is 0 Å². The fourth-order valence-corrected chi connectivity index (χ4v) is 1.48. The highest BCUT2D eigenvalue weighted by atomic mass is 16.5. The van der Waals surface area contributed by atoms with E-state index in [0.717, 1.165) is 17.7 Å². The smallest absolute Gasteiger partial charge is 0.119 e. The average molecular weight is 206 g/mol. The number of rotatable bonds is 4. The first kappa shape index (κ1) is 10.5. The van der Waals surface area contributed by atoms with Crippen molar-refractivity contribution in [3.63, 3.8) is 0 Å². The monoisotopic (exact) mass is 206 g/mol. The zero-order valence-electron chi connectivity index (χ0n) is 9.36. The molecule has 0 spiro atoms. The molecular formula is C13H18O2. The molecule has 1 fully saturated rings. The van der Waals surface area contributed by atoms with Gasteiger partial charge in [-0.3, -0.25) is 0 Å². The minimum absolute atomic E-state index is 0.433. The van der Waals surface area contributed by atoms with E-state index in [0.29, 0.717) is 6.10 Å². The van der Waals surface area contributed by atoms with E-state index in [1.165, 1.54) is 12.8 Å². The number of benzene rings is 1. The van der Waals surface area contributed by atoms with E-state index in [2.05, 4.69) is 0 Å². The number of aliphatic hydroxyl groups is 1. The summed E-state index contributed by atoms with van der Waals surface area (Å²) >= 11 is 0. The molecule has 82 valence electrons. The molecule has 0 radical (unpaired) electrons. The molecule has 0 aliphatic heterocycles. The molecule has 0 amide bonds. The van der Waals surface area contributed by atoms with Crippen LogP contribution in [-0.2, 0) is 5.60 Å². The number of hydrogen-bond acceptors (Lipinski definition) is 2. The first-order chi connectivity index (χ1) is 7.12. The molecule has 1 aliphatic rings. The average Bonchev–Trinajstić information content (AvgIpc) is 3.03. The van der Waals surface area contributed by atoms with Crippen LogP contribution in [0.5, 0.6) is 5.75 Å². The predicted octanol–water partition coefficient (Wildman–Crippen LogP) is 2.85. The van der Waals surface area contributed by atoms with Crippen LogP contribution < -0.4 is 4.74 Å². The van der Waals surface area contributed by atoms with Crippen LogP contribution in [0.3, 0.4) is 0 Å². The molecule has 0 saturated heterocycles. The zero-order valence-corrected chi connectivity index (χ0v) is 9.36. The Kier molecular flexibility index (Phi) is 2.70. The van der Waals surface area contributed by atoms with E-state index in [-0.39, 0.29) is 0 Å². The van der Waals surface area contributed by atoms with Gasteiger partial charge in [-0.05, 0) is 43.9 Å². The van der Waals surface area contributed by atoms with Crippen LogP contribution in [0.2, 0.25) is 0 Å². The molecule has 2 heteroatoms. The molecule has 1 saturated carbocycles. The summed E-state index contributed by atoms with van der Waals surface area (Å²) in [6.45, 7) is 3.82. The lowest BCUT2D eigenvalue weighted by atomic mass is 9.93. The molecule has 2 nitrogen and oxygen atoms in total. The van der Waals surface area contributed by atoms with Crippen molar-refractivity contribution in [3.05, 3.63) is 29.8 Å². The Morgan fingerprint density at radius 2 is 1.93 bits per heavy atom. The number of ether oxygens (including phenoxy) is 1. The first-order valence-corrected chi connectivity index (χ1v) is 5.61. The van der Waals surface area contributed by atoms with E-state index < -0.39 is 5.60 Å². The Bertz CT molecular complexity index is 323. The summed E-state index contributed by atoms with van der Waals surface area (Å²) in [5.74, 6) is 0.910. The van der Waals surface area contributed by atoms with Crippen molar-refractivity contribution >= 4 is 0 Å². The first-order valence-electron chi connectivity index (χ1n) is 5.61. The topological polar surface area (TPSA) is 29.5 Å². The zero-order chi connectivity index (χ0) is 10.9. The highest BCUT2D eigenvalue weighted by molar-refractivity contribution is 5.30. The van der Waals surface area contributed by atoms with E-state index in [1.54, 1.807) is 0 Å². The van der Waals surface area contributed by atoms with Crippen molar-refractivity contribution in [2.45, 2.75) is 44.8 Å². The summed E-state index contributed by atoms with van der Waals surface area (Å²) < 4.78 is 5.64. The standard InChI is InChI=1S/C13H18O2/c1-3-13(2,14)10-4-6-11(7-5-10)15-12-8-9-12/h4-7,12,14H,3,8-9H2,1-2H3. The molecule has 1 aromatic rings. The molecule has 1 unspecified atom stereocenters. The molecule has 2 rings (SSSR count). The maximum atomic E-state index is 10.0. The molecule has 1 aliphatic carbocycles. The predicted molar refractivity (Wildman–Crippen MR) is 60.0 cm³/mol. The fourth-order valence-electron chi connectivity index (χ4n) is 1.48. The van der Waals surface area contributed by atoms with Gasteiger partial charge in [-0.25, -0.2) is 0 Å². The van der Waals surface area contributed by atoms with Gasteiger partial charge in [-0.1, -0.05) is 19.1 Å². The van der Waals surface area contributed by atoms with Crippen molar-refractivity contribution in [2.75, 3.05) is 0 Å². The minimum atomic E-state index is -0.724. The Labute approximate surface area is 90.9 Å². The fraction of sp³-hybridized carbons (Fsp3) is 0.538. The molecule has 15 heavy (non-hydrogen) atoms. The van der Waals surface area contributed by atoms with Crippen molar-refractivity contribution in [2.24, 2.45) is 0 Å². The van der Waals surface area contributed by atoms with Gasteiger partial charge in [0, 0.05) is 0 Å². The van der Waals surface area contributed by atoms with Crippen LogP contribution in [0, 0.1) is 0 Å². The summed E-state index contributed by atoms with van der Waals surface area (Å²) in [4.78, 5) is 0. The molecular weight excluding hydrogens is 188 g/mol. The van der Waals surface area contributed by atoms with Gasteiger partial charge in [0.2, 0.25) is 0 Å². The Morgan fingerprint density at radius 3 is 2.40 bits per heavy atom. The Balaban J connectivity index is 2.08. The second kappa shape index (κ2) is 3.86. The lowest BCUT2D eigenvalue weighted by molar-refractivity contribution is 0.0530. The lowest BCUT2D eigenvalue weighted by Gasteiger charge is -2.21. The van der Waals surface area contributed by atoms with Crippen molar-refractivity contribution in [3.8, 4) is 5.75 Å². The minimum Gasteiger partial charge on any atom is -0.490 e. The van der Waals surface area contributed by atoms with E-state index in [4.69, 9.17) is 4.74 Å². The third kappa shape index (κ3) is 2.51. The molecule has 0 aromatic heterocycles. The van der Waals surface area contributed by atoms with Crippen molar-refractivity contribution in [1.82, 2.24) is 0 Å². The summed E-state index contributed by atoms with van der Waals surface area (Å²) in [5.41, 5.74) is 0.228. The normalized spacial score (nSPS) is 19.7. The van der Waals surface area contributed by atoms with Gasteiger partial charge >= 0.3 is 0 Å². The van der Waals surface area contributed by atoms with E-state index in [1.807, 2.05) is 38.1 Å². The number of hydrogen-bond donors (Lipinski definition) is 1. The summed E-state index contributed by atoms with van der Waals surface area (Å²) in [5, 5.41) is 10.0. The van der Waals surface area contributed by atoms with Gasteiger partial charge in [-0.15, -0.1) is 0 Å². The molecule has 0 heterocycles. The van der Waals surface area contributed by atoms with E-state index in [9.17, 15) is 5.11 Å². The van der Waals surface area contributed by atoms with Crippen LogP contribution in [0.15, 0.2) is 24.3 Å². The second-order valence-electron chi connectivity index (χ2n) is 4.47. The summed E-state index contributed by atoms with van der Waals surface area (Å²) in [6, 6.07) is 7.78. The van der Waals surface area contributed by atoms with Gasteiger partial charge in [0.15, 0.2) is 0 Å².